The van der Waals surface area contributed by atoms with E-state index in [-0.39, 0.29) is 12.5 Å². The van der Waals surface area contributed by atoms with Crippen LogP contribution in [0.15, 0.2) is 21.4 Å². The van der Waals surface area contributed by atoms with Crippen LogP contribution in [0, 0.1) is 0 Å². The van der Waals surface area contributed by atoms with Crippen LogP contribution >= 0.6 is 0 Å². The second kappa shape index (κ2) is 7.05. The molecule has 0 spiro atoms. The van der Waals surface area contributed by atoms with Gasteiger partial charge in [-0.1, -0.05) is 0 Å². The summed E-state index contributed by atoms with van der Waals surface area (Å²) in [7, 11) is 1.74. The molecular weight excluding hydrogens is 238 g/mol. The van der Waals surface area contributed by atoms with Crippen LogP contribution in [0.3, 0.4) is 0 Å². The normalized spacial score (nSPS) is 10.9. The predicted octanol–water partition coefficient (Wildman–Crippen LogP) is 0.0548. The Kier molecular flexibility index (Phi) is 5.36. The van der Waals surface area contributed by atoms with Crippen LogP contribution in [0.5, 0.6) is 0 Å². The van der Waals surface area contributed by atoms with Crippen molar-refractivity contribution in [1.29, 1.82) is 0 Å². The Labute approximate surface area is 104 Å². The molecule has 0 aliphatic rings. The van der Waals surface area contributed by atoms with Crippen molar-refractivity contribution in [2.75, 3.05) is 13.7 Å². The molecular formula is C10H15N5O3. The molecule has 8 nitrogen and oxygen atoms in total. The molecule has 0 aliphatic carbocycles. The lowest BCUT2D eigenvalue weighted by molar-refractivity contribution is 0.0479. The van der Waals surface area contributed by atoms with Crippen LogP contribution < -0.4 is 10.7 Å². The van der Waals surface area contributed by atoms with Gasteiger partial charge >= 0.3 is 11.9 Å². The molecule has 0 saturated heterocycles. The van der Waals surface area contributed by atoms with E-state index in [4.69, 9.17) is 9.15 Å². The minimum Gasteiger partial charge on any atom is -0.459 e. The largest absolute Gasteiger partial charge is 0.459 e. The van der Waals surface area contributed by atoms with E-state index in [2.05, 4.69) is 32.8 Å². The fourth-order valence-corrected chi connectivity index (χ4v) is 1.10. The standard InChI is InChI=1S/C10H15N5O3/c1-4-17-10(16)9-15-14-8(18-9)5-7(11-2)6-13-12-3/h6,11,13H,3-5H2,1-2H3/b7-6-. The average Bonchev–Trinajstić information content (AvgIpc) is 2.83. The van der Waals surface area contributed by atoms with Crippen molar-refractivity contribution < 1.29 is 13.9 Å². The van der Waals surface area contributed by atoms with Crippen molar-refractivity contribution >= 4 is 12.7 Å². The summed E-state index contributed by atoms with van der Waals surface area (Å²) >= 11 is 0. The highest BCUT2D eigenvalue weighted by Gasteiger charge is 2.16. The second-order valence-electron chi connectivity index (χ2n) is 3.10. The zero-order chi connectivity index (χ0) is 13.4. The number of esters is 1. The van der Waals surface area contributed by atoms with Crippen LogP contribution in [0.25, 0.3) is 0 Å². The molecule has 0 saturated carbocycles. The molecule has 0 aromatic carbocycles. The average molecular weight is 253 g/mol. The molecule has 0 radical (unpaired) electrons. The zero-order valence-corrected chi connectivity index (χ0v) is 10.3. The first-order chi connectivity index (χ1) is 8.71. The highest BCUT2D eigenvalue weighted by Crippen LogP contribution is 2.06. The van der Waals surface area contributed by atoms with Gasteiger partial charge in [-0.3, -0.25) is 5.43 Å². The van der Waals surface area contributed by atoms with Gasteiger partial charge in [-0.05, 0) is 6.92 Å². The summed E-state index contributed by atoms with van der Waals surface area (Å²) < 4.78 is 9.90. The number of carbonyl (C=O) groups is 1. The Morgan fingerprint density at radius 2 is 2.39 bits per heavy atom. The second-order valence-corrected chi connectivity index (χ2v) is 3.10. The van der Waals surface area contributed by atoms with E-state index in [1.807, 2.05) is 0 Å². The van der Waals surface area contributed by atoms with Gasteiger partial charge in [0.25, 0.3) is 0 Å². The lowest BCUT2D eigenvalue weighted by Gasteiger charge is -2.02. The molecule has 1 aromatic rings. The number of hydrogen-bond donors (Lipinski definition) is 2. The van der Waals surface area contributed by atoms with Crippen LogP contribution in [-0.4, -0.2) is 36.5 Å². The third kappa shape index (κ3) is 3.89. The summed E-state index contributed by atoms with van der Waals surface area (Å²) in [6, 6.07) is 0. The quantitative estimate of drug-likeness (QED) is 0.402. The van der Waals surface area contributed by atoms with Gasteiger partial charge in [0.1, 0.15) is 0 Å². The van der Waals surface area contributed by atoms with E-state index in [1.54, 1.807) is 20.2 Å². The van der Waals surface area contributed by atoms with Crippen molar-refractivity contribution in [2.45, 2.75) is 13.3 Å². The highest BCUT2D eigenvalue weighted by molar-refractivity contribution is 5.83. The molecule has 1 heterocycles. The van der Waals surface area contributed by atoms with Gasteiger partial charge in [-0.15, -0.1) is 10.2 Å². The third-order valence-electron chi connectivity index (χ3n) is 1.91. The van der Waals surface area contributed by atoms with Crippen molar-refractivity contribution in [1.82, 2.24) is 20.9 Å². The number of allylic oxidation sites excluding steroid dienone is 1. The van der Waals surface area contributed by atoms with Crippen molar-refractivity contribution in [3.05, 3.63) is 23.7 Å². The third-order valence-corrected chi connectivity index (χ3v) is 1.91. The molecule has 1 aromatic heterocycles. The van der Waals surface area contributed by atoms with Gasteiger partial charge in [0.15, 0.2) is 0 Å². The molecule has 0 atom stereocenters. The summed E-state index contributed by atoms with van der Waals surface area (Å²) in [5.41, 5.74) is 3.33. The lowest BCUT2D eigenvalue weighted by atomic mass is 10.3. The van der Waals surface area contributed by atoms with Gasteiger partial charge in [-0.25, -0.2) is 4.79 Å². The molecule has 0 unspecified atom stereocenters. The van der Waals surface area contributed by atoms with Gasteiger partial charge in [0.2, 0.25) is 5.89 Å². The number of likely N-dealkylation sites (N-methyl/N-ethyl adjacent to an activating group) is 1. The number of ether oxygens (including phenoxy) is 1. The van der Waals surface area contributed by atoms with E-state index in [0.29, 0.717) is 12.3 Å². The van der Waals surface area contributed by atoms with Crippen LogP contribution in [0.2, 0.25) is 0 Å². The SMILES string of the molecule is C=NN/C=C(/Cc1nnc(C(=O)OCC)o1)NC. The fourth-order valence-electron chi connectivity index (χ4n) is 1.10. The van der Waals surface area contributed by atoms with Crippen molar-refractivity contribution in [2.24, 2.45) is 5.10 Å². The number of aromatic nitrogens is 2. The Balaban J connectivity index is 2.68. The smallest absolute Gasteiger partial charge is 0.396 e. The van der Waals surface area contributed by atoms with Gasteiger partial charge in [0, 0.05) is 25.7 Å². The van der Waals surface area contributed by atoms with Gasteiger partial charge in [0.05, 0.1) is 13.0 Å². The Bertz CT molecular complexity index is 440. The fraction of sp³-hybridized carbons (Fsp3) is 0.400. The number of rotatable bonds is 7. The van der Waals surface area contributed by atoms with E-state index < -0.39 is 5.97 Å². The lowest BCUT2D eigenvalue weighted by Crippen LogP contribution is -2.12. The van der Waals surface area contributed by atoms with Crippen molar-refractivity contribution in [3.8, 4) is 0 Å². The predicted molar refractivity (Wildman–Crippen MR) is 63.8 cm³/mol. The summed E-state index contributed by atoms with van der Waals surface area (Å²) in [6.45, 7) is 5.23. The van der Waals surface area contributed by atoms with E-state index in [1.165, 1.54) is 0 Å². The number of nitrogens with zero attached hydrogens (tertiary/aromatic N) is 3. The number of carbonyl (C=O) groups excluding carboxylic acids is 1. The highest BCUT2D eigenvalue weighted by atomic mass is 16.5. The first kappa shape index (κ1) is 13.7. The Hall–Kier alpha value is -2.38. The maximum absolute atomic E-state index is 11.3. The number of hydrazone groups is 1. The van der Waals surface area contributed by atoms with Gasteiger partial charge in [-0.2, -0.15) is 5.10 Å². The summed E-state index contributed by atoms with van der Waals surface area (Å²) in [4.78, 5) is 11.3. The van der Waals surface area contributed by atoms with E-state index >= 15 is 0 Å². The molecule has 2 N–H and O–H groups in total. The van der Waals surface area contributed by atoms with Crippen molar-refractivity contribution in [3.63, 3.8) is 0 Å². The first-order valence-electron chi connectivity index (χ1n) is 5.28. The summed E-state index contributed by atoms with van der Waals surface area (Å²) in [5, 5.41) is 13.7. The molecule has 1 rings (SSSR count). The summed E-state index contributed by atoms with van der Waals surface area (Å²) in [6.07, 6.45) is 1.94. The van der Waals surface area contributed by atoms with Crippen LogP contribution in [-0.2, 0) is 11.2 Å². The molecule has 0 aliphatic heterocycles. The number of hydrogen-bond acceptors (Lipinski definition) is 8. The monoisotopic (exact) mass is 253 g/mol. The Morgan fingerprint density at radius 3 is 3.00 bits per heavy atom. The number of nitrogens with one attached hydrogen (secondary N) is 2. The maximum Gasteiger partial charge on any atom is 0.396 e. The molecule has 0 bridgehead atoms. The molecule has 0 amide bonds. The molecule has 18 heavy (non-hydrogen) atoms. The minimum atomic E-state index is -0.628. The van der Waals surface area contributed by atoms with Crippen LogP contribution in [0.1, 0.15) is 23.5 Å². The maximum atomic E-state index is 11.3. The molecule has 0 fully saturated rings. The van der Waals surface area contributed by atoms with Gasteiger partial charge < -0.3 is 14.5 Å². The first-order valence-corrected chi connectivity index (χ1v) is 5.28. The molecule has 8 heteroatoms. The Morgan fingerprint density at radius 1 is 1.61 bits per heavy atom. The molecule has 98 valence electrons. The van der Waals surface area contributed by atoms with Crippen LogP contribution in [0.4, 0.5) is 0 Å². The van der Waals surface area contributed by atoms with E-state index in [0.717, 1.165) is 5.70 Å². The van der Waals surface area contributed by atoms with E-state index in [9.17, 15) is 4.79 Å². The topological polar surface area (TPSA) is 102 Å². The zero-order valence-electron chi connectivity index (χ0n) is 10.3. The summed E-state index contributed by atoms with van der Waals surface area (Å²) in [5.74, 6) is -0.487. The minimum absolute atomic E-state index is 0.155.